The Labute approximate surface area is 159 Å². The first-order valence-electron chi connectivity index (χ1n) is 7.86. The van der Waals surface area contributed by atoms with Gasteiger partial charge in [-0.3, -0.25) is 5.32 Å². The SMILES string of the molecule is Nc1nc(N)nc(NC(Oc2ccccc2)(Oc2ccccc2)P(=O)(O)O)n1. The summed E-state index contributed by atoms with van der Waals surface area (Å²) in [6.45, 7) is 0. The predicted octanol–water partition coefficient (Wildman–Crippen LogP) is 1.39. The van der Waals surface area contributed by atoms with Crippen molar-refractivity contribution >= 4 is 25.4 Å². The number of anilines is 3. The average Bonchev–Trinajstić information content (AvgIpc) is 2.61. The quantitative estimate of drug-likeness (QED) is 0.284. The smallest absolute Gasteiger partial charge is 0.426 e. The minimum absolute atomic E-state index is 0.115. The summed E-state index contributed by atoms with van der Waals surface area (Å²) in [7, 11) is -5.17. The van der Waals surface area contributed by atoms with Crippen molar-refractivity contribution in [2.75, 3.05) is 16.8 Å². The van der Waals surface area contributed by atoms with E-state index in [1.54, 1.807) is 36.4 Å². The molecule has 0 aliphatic carbocycles. The van der Waals surface area contributed by atoms with Gasteiger partial charge in [-0.15, -0.1) is 0 Å². The molecule has 1 aromatic heterocycles. The van der Waals surface area contributed by atoms with E-state index in [0.717, 1.165) is 0 Å². The fraction of sp³-hybridized carbons (Fsp3) is 0.0625. The van der Waals surface area contributed by atoms with E-state index in [1.165, 1.54) is 24.3 Å². The number of benzene rings is 2. The van der Waals surface area contributed by atoms with Crippen LogP contribution in [-0.2, 0) is 4.57 Å². The minimum atomic E-state index is -5.17. The first-order chi connectivity index (χ1) is 13.3. The standard InChI is InChI=1S/C16H17N6O5P/c17-13-19-14(18)21-15(20-13)22-16(28(23,24)25,26-11-7-3-1-4-8-11)27-12-9-5-2-6-10-12/h1-10H,(H2,23,24,25)(H5,17,18,19,20,21,22). The molecule has 0 bridgehead atoms. The van der Waals surface area contributed by atoms with E-state index in [-0.39, 0.29) is 29.3 Å². The number of nitrogens with one attached hydrogen (secondary N) is 1. The molecular weight excluding hydrogens is 387 g/mol. The van der Waals surface area contributed by atoms with E-state index in [0.29, 0.717) is 0 Å². The number of aromatic nitrogens is 3. The third-order valence-electron chi connectivity index (χ3n) is 3.32. The molecule has 12 heteroatoms. The number of ether oxygens (including phenoxy) is 2. The third-order valence-corrected chi connectivity index (χ3v) is 4.38. The van der Waals surface area contributed by atoms with Crippen molar-refractivity contribution in [3.05, 3.63) is 60.7 Å². The largest absolute Gasteiger partial charge is 0.444 e. The number of rotatable bonds is 7. The molecule has 0 amide bonds. The Hall–Kier alpha value is -3.40. The van der Waals surface area contributed by atoms with Gasteiger partial charge in [0.15, 0.2) is 0 Å². The Balaban J connectivity index is 2.09. The van der Waals surface area contributed by atoms with Crippen LogP contribution < -0.4 is 26.3 Å². The summed E-state index contributed by atoms with van der Waals surface area (Å²) < 4.78 is 23.6. The molecule has 2 aromatic carbocycles. The molecule has 0 unspecified atom stereocenters. The summed E-state index contributed by atoms with van der Waals surface area (Å²) >= 11 is 0. The molecule has 0 aliphatic rings. The van der Waals surface area contributed by atoms with Crippen molar-refractivity contribution in [3.8, 4) is 11.5 Å². The van der Waals surface area contributed by atoms with Crippen molar-refractivity contribution in [3.63, 3.8) is 0 Å². The molecule has 11 nitrogen and oxygen atoms in total. The molecule has 3 rings (SSSR count). The van der Waals surface area contributed by atoms with E-state index in [4.69, 9.17) is 20.9 Å². The minimum Gasteiger partial charge on any atom is -0.426 e. The van der Waals surface area contributed by atoms with Gasteiger partial charge in [0.1, 0.15) is 11.5 Å². The first kappa shape index (κ1) is 19.4. The Morgan fingerprint density at radius 1 is 0.821 bits per heavy atom. The molecule has 7 N–H and O–H groups in total. The molecule has 0 saturated carbocycles. The Morgan fingerprint density at radius 2 is 1.25 bits per heavy atom. The van der Waals surface area contributed by atoms with Gasteiger partial charge in [-0.05, 0) is 24.3 Å². The predicted molar refractivity (Wildman–Crippen MR) is 101 cm³/mol. The maximum atomic E-state index is 12.5. The normalized spacial score (nSPS) is 11.6. The third kappa shape index (κ3) is 4.46. The van der Waals surface area contributed by atoms with Crippen molar-refractivity contribution in [2.45, 2.75) is 5.65 Å². The monoisotopic (exact) mass is 404 g/mol. The summed E-state index contributed by atoms with van der Waals surface area (Å²) in [5, 5.41) is 2.38. The van der Waals surface area contributed by atoms with Crippen molar-refractivity contribution < 1.29 is 23.8 Å². The lowest BCUT2D eigenvalue weighted by Gasteiger charge is -2.34. The van der Waals surface area contributed by atoms with E-state index in [9.17, 15) is 14.4 Å². The zero-order chi connectivity index (χ0) is 20.2. The highest BCUT2D eigenvalue weighted by molar-refractivity contribution is 7.53. The number of para-hydroxylation sites is 2. The zero-order valence-electron chi connectivity index (χ0n) is 14.3. The topological polar surface area (TPSA) is 179 Å². The lowest BCUT2D eigenvalue weighted by molar-refractivity contribution is -0.0357. The molecule has 3 aromatic rings. The van der Waals surface area contributed by atoms with Crippen LogP contribution in [0.15, 0.2) is 60.7 Å². The second-order valence-electron chi connectivity index (χ2n) is 5.46. The highest BCUT2D eigenvalue weighted by Gasteiger charge is 2.55. The van der Waals surface area contributed by atoms with E-state index >= 15 is 0 Å². The van der Waals surface area contributed by atoms with Gasteiger partial charge < -0.3 is 30.7 Å². The molecule has 0 saturated heterocycles. The molecule has 0 atom stereocenters. The highest BCUT2D eigenvalue weighted by Crippen LogP contribution is 2.52. The average molecular weight is 404 g/mol. The van der Waals surface area contributed by atoms with Gasteiger partial charge in [-0.25, -0.2) is 4.57 Å². The molecule has 0 aliphatic heterocycles. The van der Waals surface area contributed by atoms with Gasteiger partial charge in [0.25, 0.3) is 0 Å². The lowest BCUT2D eigenvalue weighted by atomic mass is 10.3. The van der Waals surface area contributed by atoms with Crippen LogP contribution in [0.25, 0.3) is 0 Å². The second-order valence-corrected chi connectivity index (χ2v) is 7.13. The highest BCUT2D eigenvalue weighted by atomic mass is 31.2. The maximum Gasteiger partial charge on any atom is 0.444 e. The zero-order valence-corrected chi connectivity index (χ0v) is 15.2. The molecule has 0 radical (unpaired) electrons. The van der Waals surface area contributed by atoms with E-state index in [2.05, 4.69) is 20.3 Å². The molecular formula is C16H17N6O5P. The summed E-state index contributed by atoms with van der Waals surface area (Å²) in [6, 6.07) is 15.9. The fourth-order valence-corrected chi connectivity index (χ4v) is 2.86. The van der Waals surface area contributed by atoms with Gasteiger partial charge in [-0.1, -0.05) is 36.4 Å². The van der Waals surface area contributed by atoms with E-state index in [1.807, 2.05) is 0 Å². The van der Waals surface area contributed by atoms with Crippen LogP contribution in [-0.4, -0.2) is 30.4 Å². The summed E-state index contributed by atoms with van der Waals surface area (Å²) in [5.74, 6) is -0.628. The number of nitrogens with two attached hydrogens (primary N) is 2. The van der Waals surface area contributed by atoms with Crippen LogP contribution in [0, 0.1) is 0 Å². The van der Waals surface area contributed by atoms with Gasteiger partial charge in [-0.2, -0.15) is 15.0 Å². The van der Waals surface area contributed by atoms with Gasteiger partial charge in [0.05, 0.1) is 0 Å². The van der Waals surface area contributed by atoms with E-state index < -0.39 is 13.2 Å². The Bertz CT molecular complexity index is 924. The van der Waals surface area contributed by atoms with Crippen LogP contribution in [0.4, 0.5) is 17.8 Å². The molecule has 146 valence electrons. The molecule has 0 spiro atoms. The lowest BCUT2D eigenvalue weighted by Crippen LogP contribution is -2.50. The van der Waals surface area contributed by atoms with Crippen LogP contribution in [0.2, 0.25) is 0 Å². The molecule has 1 heterocycles. The summed E-state index contributed by atoms with van der Waals surface area (Å²) in [4.78, 5) is 31.4. The molecule has 28 heavy (non-hydrogen) atoms. The number of hydrogen-bond acceptors (Lipinski definition) is 9. The van der Waals surface area contributed by atoms with Gasteiger partial charge in [0, 0.05) is 0 Å². The fourth-order valence-electron chi connectivity index (χ4n) is 2.17. The number of nitrogen functional groups attached to an aromatic ring is 2. The van der Waals surface area contributed by atoms with Crippen LogP contribution in [0.1, 0.15) is 0 Å². The van der Waals surface area contributed by atoms with Gasteiger partial charge in [0.2, 0.25) is 17.8 Å². The van der Waals surface area contributed by atoms with Crippen LogP contribution in [0.5, 0.6) is 11.5 Å². The Kier molecular flexibility index (Phi) is 5.32. The van der Waals surface area contributed by atoms with Crippen molar-refractivity contribution in [1.29, 1.82) is 0 Å². The maximum absolute atomic E-state index is 12.5. The van der Waals surface area contributed by atoms with Crippen molar-refractivity contribution in [2.24, 2.45) is 0 Å². The van der Waals surface area contributed by atoms with Gasteiger partial charge >= 0.3 is 13.2 Å². The number of nitrogens with zero attached hydrogens (tertiary/aromatic N) is 3. The second kappa shape index (κ2) is 7.69. The number of hydrogen-bond donors (Lipinski definition) is 5. The summed E-state index contributed by atoms with van der Waals surface area (Å²) in [5.41, 5.74) is 8.36. The summed E-state index contributed by atoms with van der Waals surface area (Å²) in [6.07, 6.45) is 0. The van der Waals surface area contributed by atoms with Crippen molar-refractivity contribution in [1.82, 2.24) is 15.0 Å². The van der Waals surface area contributed by atoms with Crippen LogP contribution in [0.3, 0.4) is 0 Å². The Morgan fingerprint density at radius 3 is 1.64 bits per heavy atom. The first-order valence-corrected chi connectivity index (χ1v) is 9.48. The molecule has 0 fully saturated rings. The van der Waals surface area contributed by atoms with Crippen LogP contribution >= 0.6 is 7.60 Å².